The highest BCUT2D eigenvalue weighted by Gasteiger charge is 2.07. The van der Waals surface area contributed by atoms with Crippen molar-refractivity contribution in [1.82, 2.24) is 4.57 Å². The van der Waals surface area contributed by atoms with Gasteiger partial charge < -0.3 is 5.32 Å². The van der Waals surface area contributed by atoms with Crippen molar-refractivity contribution in [3.05, 3.63) is 94.4 Å². The summed E-state index contributed by atoms with van der Waals surface area (Å²) in [7, 11) is 0. The summed E-state index contributed by atoms with van der Waals surface area (Å²) in [5.41, 5.74) is 3.29. The maximum absolute atomic E-state index is 12.3. The largest absolute Gasteiger partial charge is 0.324 e. The molecule has 2 aromatic carbocycles. The fraction of sp³-hybridized carbons (Fsp3) is 0.100. The highest BCUT2D eigenvalue weighted by molar-refractivity contribution is 5.92. The fourth-order valence-corrected chi connectivity index (χ4v) is 2.54. The van der Waals surface area contributed by atoms with Gasteiger partial charge in [-0.05, 0) is 36.2 Å². The van der Waals surface area contributed by atoms with Gasteiger partial charge in [0.1, 0.15) is 0 Å². The number of carbonyl (C=O) groups excluding carboxylic acids is 1. The van der Waals surface area contributed by atoms with Gasteiger partial charge in [0.05, 0.1) is 12.1 Å². The van der Waals surface area contributed by atoms with Crippen LogP contribution in [0.1, 0.15) is 11.1 Å². The molecule has 0 spiro atoms. The number of para-hydroxylation sites is 1. The van der Waals surface area contributed by atoms with E-state index in [1.807, 2.05) is 61.5 Å². The van der Waals surface area contributed by atoms with Gasteiger partial charge in [0.25, 0.3) is 5.56 Å². The quantitative estimate of drug-likeness (QED) is 0.802. The maximum Gasteiger partial charge on any atom is 0.255 e. The predicted molar refractivity (Wildman–Crippen MR) is 95.6 cm³/mol. The van der Waals surface area contributed by atoms with Crippen LogP contribution in [-0.2, 0) is 11.2 Å². The van der Waals surface area contributed by atoms with Crippen LogP contribution in [-0.4, -0.2) is 10.5 Å². The number of nitrogens with one attached hydrogen (secondary N) is 1. The lowest BCUT2D eigenvalue weighted by Gasteiger charge is -2.10. The zero-order valence-electron chi connectivity index (χ0n) is 13.4. The summed E-state index contributed by atoms with van der Waals surface area (Å²) in [6.07, 6.45) is 1.95. The number of aromatic nitrogens is 1. The highest BCUT2D eigenvalue weighted by atomic mass is 16.1. The van der Waals surface area contributed by atoms with Crippen molar-refractivity contribution in [1.29, 1.82) is 0 Å². The summed E-state index contributed by atoms with van der Waals surface area (Å²) in [4.78, 5) is 24.3. The Labute approximate surface area is 140 Å². The van der Waals surface area contributed by atoms with Gasteiger partial charge in [-0.1, -0.05) is 42.5 Å². The van der Waals surface area contributed by atoms with E-state index >= 15 is 0 Å². The van der Waals surface area contributed by atoms with Gasteiger partial charge in [-0.2, -0.15) is 0 Å². The molecule has 0 aliphatic rings. The first-order chi connectivity index (χ1) is 11.6. The van der Waals surface area contributed by atoms with Gasteiger partial charge in [0.2, 0.25) is 5.91 Å². The molecule has 0 saturated heterocycles. The van der Waals surface area contributed by atoms with Gasteiger partial charge in [-0.3, -0.25) is 14.2 Å². The van der Waals surface area contributed by atoms with Crippen LogP contribution in [0.4, 0.5) is 5.69 Å². The minimum absolute atomic E-state index is 0.109. The molecule has 0 fully saturated rings. The lowest BCUT2D eigenvalue weighted by Crippen LogP contribution is -2.20. The second-order valence-electron chi connectivity index (χ2n) is 5.61. The molecular formula is C20H18N2O2. The molecule has 1 N–H and O–H groups in total. The Morgan fingerprint density at radius 2 is 1.67 bits per heavy atom. The SMILES string of the molecule is Cc1ccccc1CC(=O)Nc1ccc(=O)n(-c2ccccc2)c1. The molecule has 0 aliphatic carbocycles. The van der Waals surface area contributed by atoms with Crippen LogP contribution in [0.25, 0.3) is 5.69 Å². The minimum Gasteiger partial charge on any atom is -0.324 e. The number of nitrogens with zero attached hydrogens (tertiary/aromatic N) is 1. The van der Waals surface area contributed by atoms with Gasteiger partial charge in [0, 0.05) is 18.0 Å². The van der Waals surface area contributed by atoms with Crippen molar-refractivity contribution in [2.24, 2.45) is 0 Å². The smallest absolute Gasteiger partial charge is 0.255 e. The monoisotopic (exact) mass is 318 g/mol. The molecule has 4 heteroatoms. The first-order valence-electron chi connectivity index (χ1n) is 7.76. The molecule has 0 unspecified atom stereocenters. The molecular weight excluding hydrogens is 300 g/mol. The third-order valence-corrected chi connectivity index (χ3v) is 3.84. The zero-order chi connectivity index (χ0) is 16.9. The Morgan fingerprint density at radius 1 is 0.958 bits per heavy atom. The van der Waals surface area contributed by atoms with E-state index in [0.717, 1.165) is 16.8 Å². The van der Waals surface area contributed by atoms with E-state index in [2.05, 4.69) is 5.32 Å². The number of hydrogen-bond acceptors (Lipinski definition) is 2. The molecule has 1 heterocycles. The Hall–Kier alpha value is -3.14. The average Bonchev–Trinajstić information content (AvgIpc) is 2.59. The van der Waals surface area contributed by atoms with Crippen LogP contribution >= 0.6 is 0 Å². The van der Waals surface area contributed by atoms with E-state index in [1.54, 1.807) is 12.3 Å². The molecule has 0 bridgehead atoms. The molecule has 3 aromatic rings. The normalized spacial score (nSPS) is 10.4. The molecule has 0 radical (unpaired) electrons. The molecule has 1 aromatic heterocycles. The van der Waals surface area contributed by atoms with Crippen molar-refractivity contribution >= 4 is 11.6 Å². The second kappa shape index (κ2) is 6.96. The minimum atomic E-state index is -0.141. The Bertz CT molecular complexity index is 914. The van der Waals surface area contributed by atoms with Crippen LogP contribution in [0, 0.1) is 6.92 Å². The standard InChI is InChI=1S/C20H18N2O2/c1-15-7-5-6-8-16(15)13-19(23)21-17-11-12-20(24)22(14-17)18-9-3-2-4-10-18/h2-12,14H,13H2,1H3,(H,21,23). The summed E-state index contributed by atoms with van der Waals surface area (Å²) in [6.45, 7) is 1.98. The van der Waals surface area contributed by atoms with Crippen LogP contribution < -0.4 is 10.9 Å². The number of amides is 1. The van der Waals surface area contributed by atoms with Crippen molar-refractivity contribution < 1.29 is 4.79 Å². The van der Waals surface area contributed by atoms with Crippen molar-refractivity contribution in [2.45, 2.75) is 13.3 Å². The van der Waals surface area contributed by atoms with Gasteiger partial charge >= 0.3 is 0 Å². The number of carbonyl (C=O) groups is 1. The summed E-state index contributed by atoms with van der Waals surface area (Å²) in [6, 6.07) is 20.2. The van der Waals surface area contributed by atoms with Gasteiger partial charge in [-0.15, -0.1) is 0 Å². The Morgan fingerprint density at radius 3 is 2.42 bits per heavy atom. The van der Waals surface area contributed by atoms with Gasteiger partial charge in [0.15, 0.2) is 0 Å². The zero-order valence-corrected chi connectivity index (χ0v) is 13.4. The highest BCUT2D eigenvalue weighted by Crippen LogP contribution is 2.12. The molecule has 120 valence electrons. The number of hydrogen-bond donors (Lipinski definition) is 1. The molecule has 24 heavy (non-hydrogen) atoms. The van der Waals surface area contributed by atoms with Crippen molar-refractivity contribution in [3.8, 4) is 5.69 Å². The third kappa shape index (κ3) is 3.60. The van der Waals surface area contributed by atoms with E-state index in [9.17, 15) is 9.59 Å². The van der Waals surface area contributed by atoms with E-state index in [-0.39, 0.29) is 11.5 Å². The lowest BCUT2D eigenvalue weighted by molar-refractivity contribution is -0.115. The van der Waals surface area contributed by atoms with E-state index in [1.165, 1.54) is 10.6 Å². The first kappa shape index (κ1) is 15.7. The summed E-state index contributed by atoms with van der Waals surface area (Å²) < 4.78 is 1.52. The second-order valence-corrected chi connectivity index (χ2v) is 5.61. The number of benzene rings is 2. The van der Waals surface area contributed by atoms with E-state index < -0.39 is 0 Å². The van der Waals surface area contributed by atoms with Crippen LogP contribution in [0.5, 0.6) is 0 Å². The summed E-state index contributed by atoms with van der Waals surface area (Å²) >= 11 is 0. The molecule has 0 atom stereocenters. The maximum atomic E-state index is 12.3. The summed E-state index contributed by atoms with van der Waals surface area (Å²) in [5, 5.41) is 2.86. The van der Waals surface area contributed by atoms with E-state index in [4.69, 9.17) is 0 Å². The first-order valence-corrected chi connectivity index (χ1v) is 7.76. The van der Waals surface area contributed by atoms with Gasteiger partial charge in [-0.25, -0.2) is 0 Å². The lowest BCUT2D eigenvalue weighted by atomic mass is 10.1. The molecule has 3 rings (SSSR count). The predicted octanol–water partition coefficient (Wildman–Crippen LogP) is 3.33. The topological polar surface area (TPSA) is 51.1 Å². The van der Waals surface area contributed by atoms with Crippen LogP contribution in [0.3, 0.4) is 0 Å². The van der Waals surface area contributed by atoms with Crippen molar-refractivity contribution in [2.75, 3.05) is 5.32 Å². The Kier molecular flexibility index (Phi) is 4.57. The molecule has 0 aliphatic heterocycles. The van der Waals surface area contributed by atoms with Crippen LogP contribution in [0.2, 0.25) is 0 Å². The molecule has 4 nitrogen and oxygen atoms in total. The number of aryl methyl sites for hydroxylation is 1. The number of pyridine rings is 1. The fourth-order valence-electron chi connectivity index (χ4n) is 2.54. The summed E-state index contributed by atoms with van der Waals surface area (Å²) in [5.74, 6) is -0.109. The molecule has 1 amide bonds. The van der Waals surface area contributed by atoms with Crippen LogP contribution in [0.15, 0.2) is 77.7 Å². The number of anilines is 1. The molecule has 0 saturated carbocycles. The Balaban J connectivity index is 1.80. The average molecular weight is 318 g/mol. The van der Waals surface area contributed by atoms with E-state index in [0.29, 0.717) is 12.1 Å². The number of rotatable bonds is 4. The van der Waals surface area contributed by atoms with Crippen molar-refractivity contribution in [3.63, 3.8) is 0 Å². The third-order valence-electron chi connectivity index (χ3n) is 3.84.